The summed E-state index contributed by atoms with van der Waals surface area (Å²) in [6, 6.07) is 0. The number of ether oxygens (including phenoxy) is 1. The zero-order valence-electron chi connectivity index (χ0n) is 12.0. The van der Waals surface area contributed by atoms with Crippen molar-refractivity contribution in [2.45, 2.75) is 31.8 Å². The van der Waals surface area contributed by atoms with Gasteiger partial charge in [-0.15, -0.1) is 11.3 Å². The van der Waals surface area contributed by atoms with E-state index >= 15 is 0 Å². The summed E-state index contributed by atoms with van der Waals surface area (Å²) in [5.41, 5.74) is 1.65. The molecule has 3 aliphatic rings. The summed E-state index contributed by atoms with van der Waals surface area (Å²) in [4.78, 5) is 26.9. The molecule has 1 N–H and O–H groups in total. The summed E-state index contributed by atoms with van der Waals surface area (Å²) >= 11 is 1.71. The van der Waals surface area contributed by atoms with E-state index in [0.717, 1.165) is 30.7 Å². The Balaban J connectivity index is 1.49. The number of nitrogens with zero attached hydrogens (tertiary/aromatic N) is 1. The lowest BCUT2D eigenvalue weighted by Crippen LogP contribution is -2.65. The van der Waals surface area contributed by atoms with Gasteiger partial charge in [-0.2, -0.15) is 0 Å². The molecule has 6 heteroatoms. The molecular weight excluding hydrogens is 288 g/mol. The van der Waals surface area contributed by atoms with E-state index in [0.29, 0.717) is 19.6 Å². The Bertz CT molecular complexity index is 618. The van der Waals surface area contributed by atoms with Crippen LogP contribution in [-0.2, 0) is 17.6 Å². The van der Waals surface area contributed by atoms with Gasteiger partial charge in [-0.25, -0.2) is 4.79 Å². The highest BCUT2D eigenvalue weighted by atomic mass is 32.1. The number of hydrogen-bond acceptors (Lipinski definition) is 4. The fraction of sp³-hybridized carbons (Fsp3) is 0.600. The van der Waals surface area contributed by atoms with Gasteiger partial charge in [-0.3, -0.25) is 4.79 Å². The molecule has 5 nitrogen and oxygen atoms in total. The lowest BCUT2D eigenvalue weighted by atomic mass is 9.87. The number of fused-ring (bicyclic) bond motifs is 1. The highest BCUT2D eigenvalue weighted by Crippen LogP contribution is 2.35. The number of thiophene rings is 1. The van der Waals surface area contributed by atoms with Crippen molar-refractivity contribution < 1.29 is 14.3 Å². The van der Waals surface area contributed by atoms with Gasteiger partial charge in [0.25, 0.3) is 5.91 Å². The predicted octanol–water partition coefficient (Wildman–Crippen LogP) is 1.81. The molecule has 0 bridgehead atoms. The standard InChI is InChI=1S/C15H18N2O3S/c1-9-2-3-10-11(5-21-12(10)4-9)13(18)17-7-15(8-17)6-16-14(19)20-15/h5,9H,2-4,6-8H2,1H3,(H,16,19). The number of carbonyl (C=O) groups excluding carboxylic acids is 2. The first-order valence-electron chi connectivity index (χ1n) is 7.42. The molecule has 1 atom stereocenters. The van der Waals surface area contributed by atoms with Crippen LogP contribution in [0.2, 0.25) is 0 Å². The number of rotatable bonds is 1. The lowest BCUT2D eigenvalue weighted by molar-refractivity contribution is -0.0576. The smallest absolute Gasteiger partial charge is 0.408 e. The van der Waals surface area contributed by atoms with E-state index in [-0.39, 0.29) is 12.0 Å². The average Bonchev–Trinajstić information content (AvgIpc) is 2.99. The van der Waals surface area contributed by atoms with Crippen LogP contribution >= 0.6 is 11.3 Å². The Morgan fingerprint density at radius 2 is 2.33 bits per heavy atom. The van der Waals surface area contributed by atoms with E-state index in [9.17, 15) is 9.59 Å². The minimum atomic E-state index is -0.475. The monoisotopic (exact) mass is 306 g/mol. The molecule has 0 saturated carbocycles. The molecule has 1 aliphatic carbocycles. The first-order valence-corrected chi connectivity index (χ1v) is 8.30. The van der Waals surface area contributed by atoms with E-state index in [2.05, 4.69) is 12.2 Å². The number of carbonyl (C=O) groups is 2. The van der Waals surface area contributed by atoms with Gasteiger partial charge in [0, 0.05) is 10.3 Å². The molecule has 21 heavy (non-hydrogen) atoms. The molecule has 2 amide bonds. The first-order chi connectivity index (χ1) is 10.1. The fourth-order valence-electron chi connectivity index (χ4n) is 3.50. The number of nitrogens with one attached hydrogen (secondary N) is 1. The maximum atomic E-state index is 12.6. The van der Waals surface area contributed by atoms with Crippen LogP contribution in [0.5, 0.6) is 0 Å². The number of alkyl carbamates (subject to hydrolysis) is 1. The van der Waals surface area contributed by atoms with E-state index in [1.165, 1.54) is 10.4 Å². The number of likely N-dealkylation sites (tertiary alicyclic amines) is 1. The molecule has 0 aromatic carbocycles. The van der Waals surface area contributed by atoms with Crippen LogP contribution in [-0.4, -0.2) is 42.1 Å². The summed E-state index contributed by atoms with van der Waals surface area (Å²) in [5.74, 6) is 0.811. The van der Waals surface area contributed by atoms with E-state index in [4.69, 9.17) is 4.74 Å². The Hall–Kier alpha value is -1.56. The topological polar surface area (TPSA) is 58.6 Å². The molecule has 1 aromatic rings. The Morgan fingerprint density at radius 1 is 1.52 bits per heavy atom. The van der Waals surface area contributed by atoms with Crippen LogP contribution in [0.25, 0.3) is 0 Å². The molecular formula is C15H18N2O3S. The number of hydrogen-bond donors (Lipinski definition) is 1. The maximum Gasteiger partial charge on any atom is 0.408 e. The normalized spacial score (nSPS) is 26.0. The molecule has 0 radical (unpaired) electrons. The van der Waals surface area contributed by atoms with Crippen molar-refractivity contribution in [2.24, 2.45) is 5.92 Å². The zero-order valence-corrected chi connectivity index (χ0v) is 12.8. The third kappa shape index (κ3) is 2.04. The molecule has 2 saturated heterocycles. The SMILES string of the molecule is CC1CCc2c(C(=O)N3CC4(CNC(=O)O4)C3)csc2C1. The quantitative estimate of drug-likeness (QED) is 0.861. The number of amides is 2. The van der Waals surface area contributed by atoms with Gasteiger partial charge in [-0.05, 0) is 30.7 Å². The maximum absolute atomic E-state index is 12.6. The second-order valence-corrected chi connectivity index (χ2v) is 7.45. The van der Waals surface area contributed by atoms with Gasteiger partial charge < -0.3 is 15.0 Å². The van der Waals surface area contributed by atoms with Gasteiger partial charge in [0.05, 0.1) is 25.2 Å². The second kappa shape index (κ2) is 4.47. The van der Waals surface area contributed by atoms with Crippen LogP contribution in [0.15, 0.2) is 5.38 Å². The van der Waals surface area contributed by atoms with Crippen molar-refractivity contribution in [3.8, 4) is 0 Å². The minimum absolute atomic E-state index is 0.0932. The molecule has 3 heterocycles. The summed E-state index contributed by atoms with van der Waals surface area (Å²) in [6.07, 6.45) is 2.90. The predicted molar refractivity (Wildman–Crippen MR) is 78.6 cm³/mol. The largest absolute Gasteiger partial charge is 0.437 e. The van der Waals surface area contributed by atoms with Gasteiger partial charge in [-0.1, -0.05) is 6.92 Å². The van der Waals surface area contributed by atoms with Crippen molar-refractivity contribution in [3.63, 3.8) is 0 Å². The van der Waals surface area contributed by atoms with Gasteiger partial charge in [0.1, 0.15) is 0 Å². The lowest BCUT2D eigenvalue weighted by Gasteiger charge is -2.45. The van der Waals surface area contributed by atoms with Crippen molar-refractivity contribution in [3.05, 3.63) is 21.4 Å². The average molecular weight is 306 g/mol. The minimum Gasteiger partial charge on any atom is -0.437 e. The van der Waals surface area contributed by atoms with Crippen molar-refractivity contribution in [1.82, 2.24) is 10.2 Å². The molecule has 4 rings (SSSR count). The first kappa shape index (κ1) is 13.1. The van der Waals surface area contributed by atoms with E-state index in [1.54, 1.807) is 16.2 Å². The van der Waals surface area contributed by atoms with Crippen molar-refractivity contribution in [2.75, 3.05) is 19.6 Å². The van der Waals surface area contributed by atoms with Crippen LogP contribution in [0, 0.1) is 5.92 Å². The highest BCUT2D eigenvalue weighted by molar-refractivity contribution is 7.10. The third-order valence-electron chi connectivity index (χ3n) is 4.74. The van der Waals surface area contributed by atoms with E-state index < -0.39 is 5.60 Å². The molecule has 2 fully saturated rings. The highest BCUT2D eigenvalue weighted by Gasteiger charge is 2.52. The van der Waals surface area contributed by atoms with Crippen LogP contribution in [0.4, 0.5) is 4.79 Å². The van der Waals surface area contributed by atoms with Crippen molar-refractivity contribution >= 4 is 23.3 Å². The summed E-state index contributed by atoms with van der Waals surface area (Å²) in [6.45, 7) is 3.79. The van der Waals surface area contributed by atoms with Crippen molar-refractivity contribution in [1.29, 1.82) is 0 Å². The summed E-state index contributed by atoms with van der Waals surface area (Å²) in [7, 11) is 0. The molecule has 2 aliphatic heterocycles. The van der Waals surface area contributed by atoms with E-state index in [1.807, 2.05) is 5.38 Å². The Morgan fingerprint density at radius 3 is 3.05 bits per heavy atom. The molecule has 1 unspecified atom stereocenters. The van der Waals surface area contributed by atoms with Crippen LogP contribution in [0.3, 0.4) is 0 Å². The van der Waals surface area contributed by atoms with Crippen LogP contribution in [0.1, 0.15) is 34.1 Å². The molecule has 1 spiro atoms. The molecule has 1 aromatic heterocycles. The molecule has 112 valence electrons. The Kier molecular flexibility index (Phi) is 2.79. The fourth-order valence-corrected chi connectivity index (χ4v) is 4.74. The summed E-state index contributed by atoms with van der Waals surface area (Å²) in [5, 5.41) is 4.67. The van der Waals surface area contributed by atoms with Gasteiger partial charge >= 0.3 is 6.09 Å². The Labute approximate surface area is 127 Å². The second-order valence-electron chi connectivity index (χ2n) is 6.49. The van der Waals surface area contributed by atoms with Gasteiger partial charge in [0.2, 0.25) is 0 Å². The zero-order chi connectivity index (χ0) is 14.6. The third-order valence-corrected chi connectivity index (χ3v) is 5.79. The summed E-state index contributed by atoms with van der Waals surface area (Å²) < 4.78 is 5.27. The van der Waals surface area contributed by atoms with Gasteiger partial charge in [0.15, 0.2) is 5.60 Å². The van der Waals surface area contributed by atoms with Crippen LogP contribution < -0.4 is 5.32 Å².